The Morgan fingerprint density at radius 1 is 1.15 bits per heavy atom. The molecule has 0 fully saturated rings. The molecule has 1 aliphatic heterocycles. The Labute approximate surface area is 155 Å². The molecule has 0 bridgehead atoms. The second-order valence-electron chi connectivity index (χ2n) is 5.95. The number of amides is 1. The van der Waals surface area contributed by atoms with Crippen LogP contribution < -0.4 is 19.5 Å². The quantitative estimate of drug-likeness (QED) is 0.740. The number of benzene rings is 2. The van der Waals surface area contributed by atoms with E-state index in [4.69, 9.17) is 18.7 Å². The summed E-state index contributed by atoms with van der Waals surface area (Å²) >= 11 is 0. The van der Waals surface area contributed by atoms with Gasteiger partial charge in [0, 0.05) is 11.1 Å². The second-order valence-corrected chi connectivity index (χ2v) is 5.95. The monoisotopic (exact) mass is 367 g/mol. The molecule has 138 valence electrons. The summed E-state index contributed by atoms with van der Waals surface area (Å²) < 4.78 is 21.0. The largest absolute Gasteiger partial charge is 0.497 e. The molecule has 0 unspecified atom stereocenters. The normalized spacial score (nSPS) is 13.3. The van der Waals surface area contributed by atoms with Gasteiger partial charge >= 0.3 is 0 Å². The zero-order valence-corrected chi connectivity index (χ0v) is 14.8. The topological polar surface area (TPSA) is 95.7 Å². The molecule has 8 nitrogen and oxygen atoms in total. The number of hydrogen-bond acceptors (Lipinski definition) is 7. The van der Waals surface area contributed by atoms with E-state index in [1.807, 2.05) is 6.07 Å². The van der Waals surface area contributed by atoms with Gasteiger partial charge in [-0.1, -0.05) is 5.16 Å². The maximum atomic E-state index is 12.4. The molecule has 1 N–H and O–H groups in total. The predicted molar refractivity (Wildman–Crippen MR) is 94.7 cm³/mol. The van der Waals surface area contributed by atoms with Gasteiger partial charge in [-0.3, -0.25) is 4.79 Å². The molecule has 1 aromatic heterocycles. The summed E-state index contributed by atoms with van der Waals surface area (Å²) in [6, 6.07) is 11.8. The van der Waals surface area contributed by atoms with Crippen molar-refractivity contribution in [1.82, 2.24) is 15.5 Å². The fraction of sp³-hybridized carbons (Fsp3) is 0.211. The number of hydrogen-bond donors (Lipinski definition) is 1. The summed E-state index contributed by atoms with van der Waals surface area (Å²) in [5.74, 6) is 2.48. The third-order valence-corrected chi connectivity index (χ3v) is 4.14. The summed E-state index contributed by atoms with van der Waals surface area (Å²) in [7, 11) is 1.57. The average molecular weight is 367 g/mol. The van der Waals surface area contributed by atoms with Gasteiger partial charge in [0.2, 0.25) is 18.5 Å². The zero-order valence-electron chi connectivity index (χ0n) is 14.8. The minimum absolute atomic E-state index is 0.199. The third-order valence-electron chi connectivity index (χ3n) is 4.14. The highest BCUT2D eigenvalue weighted by atomic mass is 16.7. The Morgan fingerprint density at radius 2 is 1.93 bits per heavy atom. The number of carbonyl (C=O) groups excluding carboxylic acids is 1. The zero-order chi connectivity index (χ0) is 18.8. The highest BCUT2D eigenvalue weighted by Gasteiger charge is 2.20. The van der Waals surface area contributed by atoms with Crippen molar-refractivity contribution in [2.75, 3.05) is 13.9 Å². The van der Waals surface area contributed by atoms with Gasteiger partial charge in [0.1, 0.15) is 11.8 Å². The maximum Gasteiger partial charge on any atom is 0.251 e. The maximum absolute atomic E-state index is 12.4. The summed E-state index contributed by atoms with van der Waals surface area (Å²) in [4.78, 5) is 16.7. The Morgan fingerprint density at radius 3 is 2.70 bits per heavy atom. The average Bonchev–Trinajstić information content (AvgIpc) is 3.36. The van der Waals surface area contributed by atoms with Gasteiger partial charge in [0.05, 0.1) is 7.11 Å². The highest BCUT2D eigenvalue weighted by Crippen LogP contribution is 2.35. The fourth-order valence-electron chi connectivity index (χ4n) is 2.65. The smallest absolute Gasteiger partial charge is 0.251 e. The van der Waals surface area contributed by atoms with Crippen LogP contribution in [-0.4, -0.2) is 30.0 Å². The van der Waals surface area contributed by atoms with Crippen LogP contribution in [0.5, 0.6) is 17.2 Å². The van der Waals surface area contributed by atoms with Gasteiger partial charge in [0.15, 0.2) is 11.5 Å². The Hall–Kier alpha value is -3.55. The van der Waals surface area contributed by atoms with Crippen LogP contribution in [0.4, 0.5) is 0 Å². The number of methoxy groups -OCH3 is 1. The molecule has 0 saturated carbocycles. The van der Waals surface area contributed by atoms with Crippen molar-refractivity contribution in [2.24, 2.45) is 0 Å². The standard InChI is InChI=1S/C19H17N3O5/c1-11(20-18(23)12-3-6-14(24-2)7-4-12)19-21-17(22-27-19)13-5-8-15-16(9-13)26-10-25-15/h3-9,11H,10H2,1-2H3,(H,20,23)/t11-/m0/s1. The molecule has 2 heterocycles. The summed E-state index contributed by atoms with van der Waals surface area (Å²) in [6.45, 7) is 1.98. The lowest BCUT2D eigenvalue weighted by Gasteiger charge is -2.10. The van der Waals surface area contributed by atoms with E-state index >= 15 is 0 Å². The first-order valence-corrected chi connectivity index (χ1v) is 8.32. The molecule has 4 rings (SSSR count). The van der Waals surface area contributed by atoms with Gasteiger partial charge in [-0.05, 0) is 49.4 Å². The molecule has 0 spiro atoms. The number of aromatic nitrogens is 2. The first-order chi connectivity index (χ1) is 13.1. The predicted octanol–water partition coefficient (Wildman–Crippen LogP) is 2.96. The van der Waals surface area contributed by atoms with E-state index in [1.165, 1.54) is 0 Å². The first kappa shape index (κ1) is 16.9. The van der Waals surface area contributed by atoms with Crippen LogP contribution in [0.15, 0.2) is 47.0 Å². The van der Waals surface area contributed by atoms with E-state index in [0.29, 0.717) is 34.5 Å². The van der Waals surface area contributed by atoms with Crippen molar-refractivity contribution in [1.29, 1.82) is 0 Å². The van der Waals surface area contributed by atoms with Crippen molar-refractivity contribution in [3.05, 3.63) is 53.9 Å². The molecule has 1 aliphatic rings. The lowest BCUT2D eigenvalue weighted by Crippen LogP contribution is -2.26. The Bertz CT molecular complexity index is 968. The number of fused-ring (bicyclic) bond motifs is 1. The number of rotatable bonds is 5. The molecule has 27 heavy (non-hydrogen) atoms. The summed E-state index contributed by atoms with van der Waals surface area (Å²) in [5.41, 5.74) is 1.25. The Balaban J connectivity index is 1.46. The minimum Gasteiger partial charge on any atom is -0.497 e. The molecule has 3 aromatic rings. The number of carbonyl (C=O) groups is 1. The van der Waals surface area contributed by atoms with Crippen molar-refractivity contribution < 1.29 is 23.5 Å². The molecule has 0 radical (unpaired) electrons. The number of nitrogens with zero attached hydrogens (tertiary/aromatic N) is 2. The van der Waals surface area contributed by atoms with Gasteiger partial charge in [-0.2, -0.15) is 4.98 Å². The lowest BCUT2D eigenvalue weighted by atomic mass is 10.2. The molecule has 0 aliphatic carbocycles. The van der Waals surface area contributed by atoms with Gasteiger partial charge in [-0.25, -0.2) is 0 Å². The van der Waals surface area contributed by atoms with E-state index in [2.05, 4.69) is 15.5 Å². The van der Waals surface area contributed by atoms with Crippen molar-refractivity contribution in [2.45, 2.75) is 13.0 Å². The third kappa shape index (κ3) is 3.41. The van der Waals surface area contributed by atoms with E-state index in [9.17, 15) is 4.79 Å². The molecule has 1 amide bonds. The highest BCUT2D eigenvalue weighted by molar-refractivity contribution is 5.94. The van der Waals surface area contributed by atoms with E-state index < -0.39 is 6.04 Å². The Kier molecular flexibility index (Phi) is 4.37. The second kappa shape index (κ2) is 6.99. The van der Waals surface area contributed by atoms with Crippen LogP contribution in [0.2, 0.25) is 0 Å². The molecule has 1 atom stereocenters. The van der Waals surface area contributed by atoms with Crippen molar-refractivity contribution in [3.63, 3.8) is 0 Å². The van der Waals surface area contributed by atoms with E-state index in [0.717, 1.165) is 5.56 Å². The summed E-state index contributed by atoms with van der Waals surface area (Å²) in [6.07, 6.45) is 0. The van der Waals surface area contributed by atoms with E-state index in [-0.39, 0.29) is 12.7 Å². The first-order valence-electron chi connectivity index (χ1n) is 8.32. The van der Waals surface area contributed by atoms with E-state index in [1.54, 1.807) is 50.4 Å². The molecular weight excluding hydrogens is 350 g/mol. The number of nitrogens with one attached hydrogen (secondary N) is 1. The van der Waals surface area contributed by atoms with Gasteiger partial charge in [-0.15, -0.1) is 0 Å². The summed E-state index contributed by atoms with van der Waals surface area (Å²) in [5, 5.41) is 6.82. The fourth-order valence-corrected chi connectivity index (χ4v) is 2.65. The van der Waals surface area contributed by atoms with Crippen LogP contribution in [0.1, 0.15) is 29.2 Å². The minimum atomic E-state index is -0.449. The number of ether oxygens (including phenoxy) is 3. The molecule has 8 heteroatoms. The van der Waals surface area contributed by atoms with Crippen LogP contribution in [0.25, 0.3) is 11.4 Å². The lowest BCUT2D eigenvalue weighted by molar-refractivity contribution is 0.0932. The van der Waals surface area contributed by atoms with Crippen LogP contribution in [0, 0.1) is 0 Å². The SMILES string of the molecule is COc1ccc(C(=O)N[C@@H](C)c2nc(-c3ccc4c(c3)OCO4)no2)cc1. The van der Waals surface area contributed by atoms with Crippen LogP contribution in [0.3, 0.4) is 0 Å². The molecule has 2 aromatic carbocycles. The molecule has 0 saturated heterocycles. The van der Waals surface area contributed by atoms with Crippen molar-refractivity contribution >= 4 is 5.91 Å². The van der Waals surface area contributed by atoms with Gasteiger partial charge < -0.3 is 24.1 Å². The molecular formula is C19H17N3O5. The van der Waals surface area contributed by atoms with Gasteiger partial charge in [0.25, 0.3) is 5.91 Å². The van der Waals surface area contributed by atoms with Crippen molar-refractivity contribution in [3.8, 4) is 28.6 Å². The van der Waals surface area contributed by atoms with Crippen LogP contribution >= 0.6 is 0 Å². The van der Waals surface area contributed by atoms with Crippen LogP contribution in [-0.2, 0) is 0 Å².